The molecule has 0 spiro atoms. The summed E-state index contributed by atoms with van der Waals surface area (Å²) in [5.74, 6) is -0.000647. The Kier molecular flexibility index (Phi) is 5.84. The van der Waals surface area contributed by atoms with Crippen LogP contribution in [0, 0.1) is 5.92 Å². The van der Waals surface area contributed by atoms with E-state index in [-0.39, 0.29) is 23.7 Å². The topological polar surface area (TPSA) is 46.2 Å². The summed E-state index contributed by atoms with van der Waals surface area (Å²) in [6.07, 6.45) is 2.40. The van der Waals surface area contributed by atoms with Gasteiger partial charge in [0.05, 0.1) is 0 Å². The number of ketones is 1. The molecule has 0 fully saturated rings. The van der Waals surface area contributed by atoms with Crippen molar-refractivity contribution >= 4 is 11.7 Å². The molecule has 0 aromatic carbocycles. The fourth-order valence-corrected chi connectivity index (χ4v) is 1.04. The van der Waals surface area contributed by atoms with Gasteiger partial charge in [0, 0.05) is 18.4 Å². The standard InChI is InChI=1S/C11H19NO2/c1-5-9(12-11(14)6-2)7-10(13)8(3)4/h6,8-9H,2,5,7H2,1,3-4H3,(H,12,14). The Morgan fingerprint density at radius 3 is 2.36 bits per heavy atom. The first-order valence-corrected chi connectivity index (χ1v) is 4.96. The molecule has 0 aliphatic heterocycles. The molecular formula is C11H19NO2. The van der Waals surface area contributed by atoms with Gasteiger partial charge < -0.3 is 5.32 Å². The first kappa shape index (κ1) is 12.9. The monoisotopic (exact) mass is 197 g/mol. The zero-order valence-corrected chi connectivity index (χ0v) is 9.17. The van der Waals surface area contributed by atoms with Crippen LogP contribution >= 0.6 is 0 Å². The maximum atomic E-state index is 11.4. The highest BCUT2D eigenvalue weighted by molar-refractivity contribution is 5.88. The molecule has 0 saturated heterocycles. The fraction of sp³-hybridized carbons (Fsp3) is 0.636. The van der Waals surface area contributed by atoms with Crippen molar-refractivity contribution in [3.05, 3.63) is 12.7 Å². The van der Waals surface area contributed by atoms with Gasteiger partial charge in [-0.05, 0) is 12.5 Å². The Morgan fingerprint density at radius 2 is 2.00 bits per heavy atom. The highest BCUT2D eigenvalue weighted by Crippen LogP contribution is 2.05. The van der Waals surface area contributed by atoms with Crippen molar-refractivity contribution in [2.75, 3.05) is 0 Å². The van der Waals surface area contributed by atoms with E-state index < -0.39 is 0 Å². The maximum Gasteiger partial charge on any atom is 0.243 e. The molecule has 3 heteroatoms. The van der Waals surface area contributed by atoms with Gasteiger partial charge in [0.15, 0.2) is 0 Å². The number of amides is 1. The minimum atomic E-state index is -0.214. The fourth-order valence-electron chi connectivity index (χ4n) is 1.04. The largest absolute Gasteiger partial charge is 0.349 e. The van der Waals surface area contributed by atoms with Crippen molar-refractivity contribution < 1.29 is 9.59 Å². The molecule has 0 bridgehead atoms. The quantitative estimate of drug-likeness (QED) is 0.658. The lowest BCUT2D eigenvalue weighted by atomic mass is 10.0. The van der Waals surface area contributed by atoms with Crippen molar-refractivity contribution in [1.82, 2.24) is 5.32 Å². The van der Waals surface area contributed by atoms with E-state index in [1.807, 2.05) is 20.8 Å². The van der Waals surface area contributed by atoms with E-state index in [0.29, 0.717) is 6.42 Å². The van der Waals surface area contributed by atoms with Crippen LogP contribution in [0.15, 0.2) is 12.7 Å². The molecule has 80 valence electrons. The Bertz CT molecular complexity index is 221. The van der Waals surface area contributed by atoms with Gasteiger partial charge in [0.1, 0.15) is 5.78 Å². The number of hydrogen-bond donors (Lipinski definition) is 1. The van der Waals surface area contributed by atoms with E-state index >= 15 is 0 Å². The zero-order chi connectivity index (χ0) is 11.1. The lowest BCUT2D eigenvalue weighted by Crippen LogP contribution is -2.35. The van der Waals surface area contributed by atoms with Crippen LogP contribution in [0.3, 0.4) is 0 Å². The molecule has 0 saturated carbocycles. The van der Waals surface area contributed by atoms with Gasteiger partial charge in [-0.25, -0.2) is 0 Å². The van der Waals surface area contributed by atoms with Crippen LogP contribution in [-0.2, 0) is 9.59 Å². The molecule has 1 amide bonds. The first-order valence-electron chi connectivity index (χ1n) is 4.96. The van der Waals surface area contributed by atoms with Crippen LogP contribution in [0.4, 0.5) is 0 Å². The molecule has 0 heterocycles. The average Bonchev–Trinajstić information content (AvgIpc) is 2.16. The summed E-state index contributed by atoms with van der Waals surface area (Å²) in [5, 5.41) is 2.72. The number of Topliss-reactive ketones (excluding diaryl/α,β-unsaturated/α-hetero) is 1. The van der Waals surface area contributed by atoms with Crippen LogP contribution in [0.2, 0.25) is 0 Å². The normalized spacial score (nSPS) is 12.3. The summed E-state index contributed by atoms with van der Waals surface area (Å²) in [4.78, 5) is 22.4. The van der Waals surface area contributed by atoms with Crippen molar-refractivity contribution in [3.8, 4) is 0 Å². The predicted molar refractivity (Wildman–Crippen MR) is 56.9 cm³/mol. The van der Waals surface area contributed by atoms with Crippen LogP contribution in [0.5, 0.6) is 0 Å². The number of nitrogens with one attached hydrogen (secondary N) is 1. The minimum Gasteiger partial charge on any atom is -0.349 e. The molecule has 1 N–H and O–H groups in total. The lowest BCUT2D eigenvalue weighted by Gasteiger charge is -2.16. The minimum absolute atomic E-state index is 0.0321. The molecule has 0 rings (SSSR count). The highest BCUT2D eigenvalue weighted by Gasteiger charge is 2.15. The third-order valence-electron chi connectivity index (χ3n) is 2.12. The van der Waals surface area contributed by atoms with E-state index in [9.17, 15) is 9.59 Å². The summed E-state index contributed by atoms with van der Waals surface area (Å²) in [5.41, 5.74) is 0. The second kappa shape index (κ2) is 6.35. The molecule has 0 aromatic heterocycles. The van der Waals surface area contributed by atoms with Gasteiger partial charge in [-0.1, -0.05) is 27.4 Å². The van der Waals surface area contributed by atoms with Crippen LogP contribution in [0.25, 0.3) is 0 Å². The van der Waals surface area contributed by atoms with Crippen molar-refractivity contribution in [2.45, 2.75) is 39.7 Å². The number of rotatable bonds is 6. The molecular weight excluding hydrogens is 178 g/mol. The van der Waals surface area contributed by atoms with E-state index in [1.165, 1.54) is 6.08 Å². The Balaban J connectivity index is 4.09. The Hall–Kier alpha value is -1.12. The summed E-state index contributed by atoms with van der Waals surface area (Å²) in [6.45, 7) is 9.04. The van der Waals surface area contributed by atoms with Gasteiger partial charge in [0.25, 0.3) is 0 Å². The molecule has 3 nitrogen and oxygen atoms in total. The van der Waals surface area contributed by atoms with Gasteiger partial charge in [-0.15, -0.1) is 0 Å². The van der Waals surface area contributed by atoms with Gasteiger partial charge >= 0.3 is 0 Å². The van der Waals surface area contributed by atoms with Crippen molar-refractivity contribution in [3.63, 3.8) is 0 Å². The first-order chi connectivity index (χ1) is 6.51. The van der Waals surface area contributed by atoms with Crippen molar-refractivity contribution in [2.24, 2.45) is 5.92 Å². The van der Waals surface area contributed by atoms with E-state index in [2.05, 4.69) is 11.9 Å². The van der Waals surface area contributed by atoms with E-state index in [4.69, 9.17) is 0 Å². The summed E-state index contributed by atoms with van der Waals surface area (Å²) in [7, 11) is 0. The zero-order valence-electron chi connectivity index (χ0n) is 9.17. The number of carbonyl (C=O) groups is 2. The third-order valence-corrected chi connectivity index (χ3v) is 2.12. The van der Waals surface area contributed by atoms with Crippen LogP contribution < -0.4 is 5.32 Å². The molecule has 14 heavy (non-hydrogen) atoms. The third kappa shape index (κ3) is 4.80. The molecule has 0 aliphatic carbocycles. The Labute approximate surface area is 85.6 Å². The Morgan fingerprint density at radius 1 is 1.43 bits per heavy atom. The summed E-state index contributed by atoms with van der Waals surface area (Å²) >= 11 is 0. The highest BCUT2D eigenvalue weighted by atomic mass is 16.1. The summed E-state index contributed by atoms with van der Waals surface area (Å²) in [6, 6.07) is -0.0598. The molecule has 0 aromatic rings. The molecule has 0 radical (unpaired) electrons. The molecule has 1 atom stereocenters. The van der Waals surface area contributed by atoms with Gasteiger partial charge in [0.2, 0.25) is 5.91 Å². The van der Waals surface area contributed by atoms with Gasteiger partial charge in [-0.3, -0.25) is 9.59 Å². The SMILES string of the molecule is C=CC(=O)NC(CC)CC(=O)C(C)C. The van der Waals surface area contributed by atoms with Crippen LogP contribution in [0.1, 0.15) is 33.6 Å². The molecule has 0 aliphatic rings. The number of hydrogen-bond acceptors (Lipinski definition) is 2. The maximum absolute atomic E-state index is 11.4. The molecule has 1 unspecified atom stereocenters. The van der Waals surface area contributed by atoms with Gasteiger partial charge in [-0.2, -0.15) is 0 Å². The predicted octanol–water partition coefficient (Wildman–Crippen LogP) is 1.68. The average molecular weight is 197 g/mol. The van der Waals surface area contributed by atoms with Crippen LogP contribution in [-0.4, -0.2) is 17.7 Å². The van der Waals surface area contributed by atoms with Crippen molar-refractivity contribution in [1.29, 1.82) is 0 Å². The summed E-state index contributed by atoms with van der Waals surface area (Å²) < 4.78 is 0. The van der Waals surface area contributed by atoms with E-state index in [0.717, 1.165) is 6.42 Å². The smallest absolute Gasteiger partial charge is 0.243 e. The second-order valence-electron chi connectivity index (χ2n) is 3.64. The second-order valence-corrected chi connectivity index (χ2v) is 3.64. The van der Waals surface area contributed by atoms with E-state index in [1.54, 1.807) is 0 Å². The lowest BCUT2D eigenvalue weighted by molar-refractivity contribution is -0.123. The number of carbonyl (C=O) groups excluding carboxylic acids is 2.